The molecule has 0 unspecified atom stereocenters. The minimum Gasteiger partial charge on any atom is -0.497 e. The second-order valence-corrected chi connectivity index (χ2v) is 7.15. The maximum absolute atomic E-state index is 13.3. The third kappa shape index (κ3) is 5.66. The Morgan fingerprint density at radius 1 is 1.13 bits per heavy atom. The van der Waals surface area contributed by atoms with Crippen LogP contribution in [0.15, 0.2) is 78.1 Å². The maximum Gasteiger partial charge on any atom is 0.254 e. The van der Waals surface area contributed by atoms with Crippen molar-refractivity contribution in [1.29, 1.82) is 0 Å². The number of benzene rings is 1. The van der Waals surface area contributed by atoms with Gasteiger partial charge in [0.25, 0.3) is 5.91 Å². The van der Waals surface area contributed by atoms with Gasteiger partial charge in [-0.1, -0.05) is 12.1 Å². The molecule has 2 heterocycles. The minimum absolute atomic E-state index is 0.0762. The fourth-order valence-electron chi connectivity index (χ4n) is 3.26. The molecule has 2 aromatic heterocycles. The highest BCUT2D eigenvalue weighted by Crippen LogP contribution is 2.16. The molecule has 3 rings (SSSR count). The second-order valence-electron chi connectivity index (χ2n) is 7.15. The van der Waals surface area contributed by atoms with Crippen LogP contribution < -0.4 is 4.74 Å². The SMILES string of the molecule is C=CCN(CC(=O)N(Cc1ccco1)Cc1cccn1C)C(=O)c1cccc(OC)c1. The van der Waals surface area contributed by atoms with Crippen molar-refractivity contribution in [2.45, 2.75) is 13.1 Å². The normalized spacial score (nSPS) is 10.5. The highest BCUT2D eigenvalue weighted by atomic mass is 16.5. The number of rotatable bonds is 10. The van der Waals surface area contributed by atoms with Crippen molar-refractivity contribution < 1.29 is 18.7 Å². The number of carbonyl (C=O) groups is 2. The average Bonchev–Trinajstić information content (AvgIpc) is 3.44. The smallest absolute Gasteiger partial charge is 0.254 e. The van der Waals surface area contributed by atoms with Crippen molar-refractivity contribution in [3.8, 4) is 5.75 Å². The van der Waals surface area contributed by atoms with Crippen molar-refractivity contribution in [2.24, 2.45) is 7.05 Å². The van der Waals surface area contributed by atoms with Crippen molar-refractivity contribution in [1.82, 2.24) is 14.4 Å². The number of amides is 2. The summed E-state index contributed by atoms with van der Waals surface area (Å²) in [5.41, 5.74) is 1.43. The van der Waals surface area contributed by atoms with Gasteiger partial charge < -0.3 is 23.5 Å². The molecule has 162 valence electrons. The van der Waals surface area contributed by atoms with Crippen LogP contribution in [0.2, 0.25) is 0 Å². The molecule has 0 spiro atoms. The molecule has 0 saturated carbocycles. The van der Waals surface area contributed by atoms with Crippen LogP contribution in [0.5, 0.6) is 5.75 Å². The van der Waals surface area contributed by atoms with E-state index in [1.165, 1.54) is 4.90 Å². The maximum atomic E-state index is 13.3. The molecule has 31 heavy (non-hydrogen) atoms. The van der Waals surface area contributed by atoms with Gasteiger partial charge in [-0.3, -0.25) is 9.59 Å². The number of methoxy groups -OCH3 is 1. The van der Waals surface area contributed by atoms with Crippen molar-refractivity contribution in [3.63, 3.8) is 0 Å². The summed E-state index contributed by atoms with van der Waals surface area (Å²) in [7, 11) is 3.48. The Morgan fingerprint density at radius 2 is 1.97 bits per heavy atom. The van der Waals surface area contributed by atoms with Gasteiger partial charge in [-0.25, -0.2) is 0 Å². The number of furan rings is 1. The van der Waals surface area contributed by atoms with E-state index in [2.05, 4.69) is 6.58 Å². The molecular formula is C24H27N3O4. The molecule has 7 heteroatoms. The van der Waals surface area contributed by atoms with Crippen molar-refractivity contribution in [2.75, 3.05) is 20.2 Å². The Morgan fingerprint density at radius 3 is 2.61 bits per heavy atom. The van der Waals surface area contributed by atoms with Crippen molar-refractivity contribution in [3.05, 3.63) is 90.7 Å². The van der Waals surface area contributed by atoms with Gasteiger partial charge in [0.2, 0.25) is 5.91 Å². The number of aryl methyl sites for hydroxylation is 1. The van der Waals surface area contributed by atoms with E-state index in [1.54, 1.807) is 54.7 Å². The Bertz CT molecular complexity index is 1020. The van der Waals surface area contributed by atoms with E-state index in [4.69, 9.17) is 9.15 Å². The molecule has 0 fully saturated rings. The van der Waals surface area contributed by atoms with Crippen LogP contribution in [-0.2, 0) is 24.9 Å². The molecule has 3 aromatic rings. The first kappa shape index (κ1) is 22.0. The van der Waals surface area contributed by atoms with Crippen LogP contribution in [0, 0.1) is 0 Å². The zero-order valence-corrected chi connectivity index (χ0v) is 17.9. The van der Waals surface area contributed by atoms with Gasteiger partial charge in [0.1, 0.15) is 18.1 Å². The highest BCUT2D eigenvalue weighted by Gasteiger charge is 2.23. The Kier molecular flexibility index (Phi) is 7.32. The summed E-state index contributed by atoms with van der Waals surface area (Å²) >= 11 is 0. The first-order valence-corrected chi connectivity index (χ1v) is 9.96. The van der Waals surface area contributed by atoms with E-state index < -0.39 is 0 Å². The number of hydrogen-bond donors (Lipinski definition) is 0. The van der Waals surface area contributed by atoms with Crippen LogP contribution >= 0.6 is 0 Å². The summed E-state index contributed by atoms with van der Waals surface area (Å²) in [4.78, 5) is 29.5. The lowest BCUT2D eigenvalue weighted by atomic mass is 10.2. The standard InChI is InChI=1S/C24H27N3O4/c1-4-12-26(24(29)19-8-5-10-21(15-19)30-3)18-23(28)27(17-22-11-7-14-31-22)16-20-9-6-13-25(20)2/h4-11,13-15H,1,12,16-18H2,2-3H3. The average molecular weight is 421 g/mol. The summed E-state index contributed by atoms with van der Waals surface area (Å²) in [6, 6.07) is 14.4. The van der Waals surface area contributed by atoms with Gasteiger partial charge in [-0.15, -0.1) is 6.58 Å². The lowest BCUT2D eigenvalue weighted by molar-refractivity contribution is -0.133. The summed E-state index contributed by atoms with van der Waals surface area (Å²) in [6.45, 7) is 4.62. The van der Waals surface area contributed by atoms with Crippen molar-refractivity contribution >= 4 is 11.8 Å². The summed E-state index contributed by atoms with van der Waals surface area (Å²) in [5.74, 6) is 0.815. The zero-order chi connectivity index (χ0) is 22.2. The molecule has 0 atom stereocenters. The third-order valence-electron chi connectivity index (χ3n) is 4.96. The van der Waals surface area contributed by atoms with Crippen LogP contribution in [-0.4, -0.2) is 46.4 Å². The molecular weight excluding hydrogens is 394 g/mol. The number of carbonyl (C=O) groups excluding carboxylic acids is 2. The van der Waals surface area contributed by atoms with Gasteiger partial charge in [0, 0.05) is 31.0 Å². The Balaban J connectivity index is 1.79. The van der Waals surface area contributed by atoms with E-state index in [-0.39, 0.29) is 24.9 Å². The number of hydrogen-bond acceptors (Lipinski definition) is 4. The first-order valence-electron chi connectivity index (χ1n) is 9.96. The van der Waals surface area contributed by atoms with E-state index in [1.807, 2.05) is 36.0 Å². The third-order valence-corrected chi connectivity index (χ3v) is 4.96. The molecule has 1 aromatic carbocycles. The summed E-state index contributed by atoms with van der Waals surface area (Å²) in [5, 5.41) is 0. The monoisotopic (exact) mass is 421 g/mol. The number of nitrogens with zero attached hydrogens (tertiary/aromatic N) is 3. The topological polar surface area (TPSA) is 67.9 Å². The molecule has 0 N–H and O–H groups in total. The Labute approximate surface area is 182 Å². The molecule has 0 saturated heterocycles. The Hall–Kier alpha value is -3.74. The minimum atomic E-state index is -0.260. The highest BCUT2D eigenvalue weighted by molar-refractivity contribution is 5.97. The lowest BCUT2D eigenvalue weighted by Crippen LogP contribution is -2.42. The van der Waals surface area contributed by atoms with E-state index in [9.17, 15) is 9.59 Å². The predicted molar refractivity (Wildman–Crippen MR) is 117 cm³/mol. The van der Waals surface area contributed by atoms with E-state index in [0.717, 1.165) is 5.69 Å². The molecule has 0 bridgehead atoms. The van der Waals surface area contributed by atoms with Crippen LogP contribution in [0.3, 0.4) is 0 Å². The van der Waals surface area contributed by atoms with Crippen LogP contribution in [0.4, 0.5) is 0 Å². The largest absolute Gasteiger partial charge is 0.497 e. The first-order chi connectivity index (χ1) is 15.0. The fraction of sp³-hybridized carbons (Fsp3) is 0.250. The fourth-order valence-corrected chi connectivity index (χ4v) is 3.26. The number of ether oxygens (including phenoxy) is 1. The molecule has 0 radical (unpaired) electrons. The quantitative estimate of drug-likeness (QED) is 0.470. The molecule has 0 aliphatic rings. The number of aromatic nitrogens is 1. The van der Waals surface area contributed by atoms with Gasteiger partial charge in [0.15, 0.2) is 0 Å². The van der Waals surface area contributed by atoms with Gasteiger partial charge >= 0.3 is 0 Å². The van der Waals surface area contributed by atoms with Crippen LogP contribution in [0.1, 0.15) is 21.8 Å². The molecule has 2 amide bonds. The zero-order valence-electron chi connectivity index (χ0n) is 17.9. The van der Waals surface area contributed by atoms with Gasteiger partial charge in [-0.2, -0.15) is 0 Å². The van der Waals surface area contributed by atoms with E-state index >= 15 is 0 Å². The van der Waals surface area contributed by atoms with Gasteiger partial charge in [0.05, 0.1) is 26.5 Å². The van der Waals surface area contributed by atoms with Gasteiger partial charge in [-0.05, 0) is 42.5 Å². The van der Waals surface area contributed by atoms with E-state index in [0.29, 0.717) is 30.2 Å². The molecule has 7 nitrogen and oxygen atoms in total. The second kappa shape index (κ2) is 10.3. The predicted octanol–water partition coefficient (Wildman–Crippen LogP) is 3.48. The molecule has 0 aliphatic carbocycles. The van der Waals surface area contributed by atoms with Crippen LogP contribution in [0.25, 0.3) is 0 Å². The summed E-state index contributed by atoms with van der Waals surface area (Å²) in [6.07, 6.45) is 5.12. The lowest BCUT2D eigenvalue weighted by Gasteiger charge is -2.27. The molecule has 0 aliphatic heterocycles. The summed E-state index contributed by atoms with van der Waals surface area (Å²) < 4.78 is 12.6.